The summed E-state index contributed by atoms with van der Waals surface area (Å²) in [7, 11) is 0. The average molecular weight is 324 g/mol. The summed E-state index contributed by atoms with van der Waals surface area (Å²) in [6, 6.07) is 6.47. The predicted molar refractivity (Wildman–Crippen MR) is 74.4 cm³/mol. The Morgan fingerprint density at radius 3 is 2.48 bits per heavy atom. The van der Waals surface area contributed by atoms with Crippen LogP contribution in [-0.4, -0.2) is 36.7 Å². The van der Waals surface area contributed by atoms with Gasteiger partial charge in [0.1, 0.15) is 12.3 Å². The SMILES string of the molecule is CC(C)CN(CC(F)(F)F)C(=O)COc1ccccc1Cl. The molecule has 7 heteroatoms. The highest BCUT2D eigenvalue weighted by Crippen LogP contribution is 2.23. The Bertz CT molecular complexity index is 478. The molecule has 0 aromatic heterocycles. The molecule has 0 heterocycles. The fourth-order valence-corrected chi connectivity index (χ4v) is 1.89. The molecular formula is C14H17ClF3NO2. The van der Waals surface area contributed by atoms with Gasteiger partial charge in [-0.2, -0.15) is 13.2 Å². The van der Waals surface area contributed by atoms with Gasteiger partial charge in [0, 0.05) is 6.54 Å². The summed E-state index contributed by atoms with van der Waals surface area (Å²) < 4.78 is 42.6. The van der Waals surface area contributed by atoms with E-state index in [1.54, 1.807) is 38.1 Å². The van der Waals surface area contributed by atoms with Gasteiger partial charge in [-0.1, -0.05) is 37.6 Å². The zero-order valence-electron chi connectivity index (χ0n) is 11.8. The molecule has 0 saturated carbocycles. The molecule has 0 radical (unpaired) electrons. The monoisotopic (exact) mass is 323 g/mol. The van der Waals surface area contributed by atoms with Gasteiger partial charge in [-0.3, -0.25) is 4.79 Å². The molecule has 0 N–H and O–H groups in total. The van der Waals surface area contributed by atoms with Gasteiger partial charge in [-0.25, -0.2) is 0 Å². The summed E-state index contributed by atoms with van der Waals surface area (Å²) in [5.41, 5.74) is 0. The van der Waals surface area contributed by atoms with Crippen LogP contribution in [0.3, 0.4) is 0 Å². The van der Waals surface area contributed by atoms with Gasteiger partial charge in [-0.05, 0) is 18.1 Å². The largest absolute Gasteiger partial charge is 0.482 e. The van der Waals surface area contributed by atoms with Crippen molar-refractivity contribution < 1.29 is 22.7 Å². The van der Waals surface area contributed by atoms with Gasteiger partial charge in [0.25, 0.3) is 5.91 Å². The fraction of sp³-hybridized carbons (Fsp3) is 0.500. The summed E-state index contributed by atoms with van der Waals surface area (Å²) in [6.07, 6.45) is -4.44. The molecule has 0 aliphatic carbocycles. The van der Waals surface area contributed by atoms with Crippen LogP contribution in [0.15, 0.2) is 24.3 Å². The normalized spacial score (nSPS) is 11.6. The Hall–Kier alpha value is -1.43. The highest BCUT2D eigenvalue weighted by atomic mass is 35.5. The first-order valence-electron chi connectivity index (χ1n) is 6.41. The van der Waals surface area contributed by atoms with Crippen molar-refractivity contribution in [2.24, 2.45) is 5.92 Å². The number of para-hydroxylation sites is 1. The molecule has 0 fully saturated rings. The number of ether oxygens (including phenoxy) is 1. The first-order valence-corrected chi connectivity index (χ1v) is 6.78. The Balaban J connectivity index is 2.66. The first kappa shape index (κ1) is 17.6. The Kier molecular flexibility index (Phi) is 6.33. The third-order valence-electron chi connectivity index (χ3n) is 2.50. The standard InChI is InChI=1S/C14H17ClF3NO2/c1-10(2)7-19(9-14(16,17)18)13(20)8-21-12-6-4-3-5-11(12)15/h3-6,10H,7-9H2,1-2H3. The molecular weight excluding hydrogens is 307 g/mol. The number of rotatable bonds is 6. The van der Waals surface area contributed by atoms with Crippen molar-refractivity contribution in [1.82, 2.24) is 4.90 Å². The van der Waals surface area contributed by atoms with Crippen LogP contribution in [0.25, 0.3) is 0 Å². The van der Waals surface area contributed by atoms with Crippen LogP contribution in [-0.2, 0) is 4.79 Å². The quantitative estimate of drug-likeness (QED) is 0.797. The number of hydrogen-bond acceptors (Lipinski definition) is 2. The van der Waals surface area contributed by atoms with Crippen LogP contribution in [0.5, 0.6) is 5.75 Å². The van der Waals surface area contributed by atoms with Crippen LogP contribution < -0.4 is 4.74 Å². The molecule has 0 aliphatic heterocycles. The molecule has 0 unspecified atom stereocenters. The van der Waals surface area contributed by atoms with Crippen LogP contribution in [0.2, 0.25) is 5.02 Å². The van der Waals surface area contributed by atoms with Crippen molar-refractivity contribution in [2.45, 2.75) is 20.0 Å². The lowest BCUT2D eigenvalue weighted by Gasteiger charge is -2.25. The molecule has 0 bridgehead atoms. The highest BCUT2D eigenvalue weighted by Gasteiger charge is 2.33. The van der Waals surface area contributed by atoms with Gasteiger partial charge in [-0.15, -0.1) is 0 Å². The average Bonchev–Trinajstić information content (AvgIpc) is 2.34. The van der Waals surface area contributed by atoms with E-state index in [4.69, 9.17) is 16.3 Å². The second-order valence-electron chi connectivity index (χ2n) is 5.00. The second-order valence-corrected chi connectivity index (χ2v) is 5.41. The third-order valence-corrected chi connectivity index (χ3v) is 2.81. The summed E-state index contributed by atoms with van der Waals surface area (Å²) in [5.74, 6) is -0.526. The Labute approximate surface area is 126 Å². The van der Waals surface area contributed by atoms with E-state index >= 15 is 0 Å². The number of amides is 1. The molecule has 1 aromatic carbocycles. The van der Waals surface area contributed by atoms with E-state index in [1.807, 2.05) is 0 Å². The molecule has 0 atom stereocenters. The molecule has 1 aromatic rings. The van der Waals surface area contributed by atoms with Crippen molar-refractivity contribution in [3.63, 3.8) is 0 Å². The van der Waals surface area contributed by atoms with Gasteiger partial charge >= 0.3 is 6.18 Å². The van der Waals surface area contributed by atoms with Crippen molar-refractivity contribution in [3.05, 3.63) is 29.3 Å². The van der Waals surface area contributed by atoms with E-state index in [9.17, 15) is 18.0 Å². The molecule has 0 spiro atoms. The minimum Gasteiger partial charge on any atom is -0.482 e. The number of halogens is 4. The minimum atomic E-state index is -4.44. The number of nitrogens with zero attached hydrogens (tertiary/aromatic N) is 1. The minimum absolute atomic E-state index is 0.0181. The van der Waals surface area contributed by atoms with E-state index in [0.29, 0.717) is 5.02 Å². The van der Waals surface area contributed by atoms with Gasteiger partial charge in [0.05, 0.1) is 5.02 Å². The second kappa shape index (κ2) is 7.54. The molecule has 21 heavy (non-hydrogen) atoms. The van der Waals surface area contributed by atoms with Crippen molar-refractivity contribution in [3.8, 4) is 5.75 Å². The number of carbonyl (C=O) groups excluding carboxylic acids is 1. The van der Waals surface area contributed by atoms with Gasteiger partial charge in [0.2, 0.25) is 0 Å². The fourth-order valence-electron chi connectivity index (χ4n) is 1.70. The molecule has 0 aliphatic rings. The molecule has 3 nitrogen and oxygen atoms in total. The Morgan fingerprint density at radius 2 is 1.95 bits per heavy atom. The predicted octanol–water partition coefficient (Wildman–Crippen LogP) is 3.77. The third kappa shape index (κ3) is 6.71. The van der Waals surface area contributed by atoms with E-state index in [1.165, 1.54) is 0 Å². The van der Waals surface area contributed by atoms with Crippen molar-refractivity contribution in [2.75, 3.05) is 19.7 Å². The topological polar surface area (TPSA) is 29.5 Å². The first-order chi connectivity index (χ1) is 9.69. The number of benzene rings is 1. The number of hydrogen-bond donors (Lipinski definition) is 0. The number of alkyl halides is 3. The maximum Gasteiger partial charge on any atom is 0.406 e. The molecule has 1 rings (SSSR count). The van der Waals surface area contributed by atoms with Crippen molar-refractivity contribution in [1.29, 1.82) is 0 Å². The summed E-state index contributed by atoms with van der Waals surface area (Å²) >= 11 is 5.85. The maximum absolute atomic E-state index is 12.5. The smallest absolute Gasteiger partial charge is 0.406 e. The van der Waals surface area contributed by atoms with Crippen LogP contribution in [0, 0.1) is 5.92 Å². The van der Waals surface area contributed by atoms with E-state index < -0.39 is 25.2 Å². The summed E-state index contributed by atoms with van der Waals surface area (Å²) in [5, 5.41) is 0.302. The maximum atomic E-state index is 12.5. The zero-order chi connectivity index (χ0) is 16.0. The van der Waals surface area contributed by atoms with Crippen LogP contribution in [0.4, 0.5) is 13.2 Å². The van der Waals surface area contributed by atoms with E-state index in [2.05, 4.69) is 0 Å². The molecule has 0 saturated heterocycles. The Morgan fingerprint density at radius 1 is 1.33 bits per heavy atom. The zero-order valence-corrected chi connectivity index (χ0v) is 12.5. The highest BCUT2D eigenvalue weighted by molar-refractivity contribution is 6.32. The van der Waals surface area contributed by atoms with E-state index in [0.717, 1.165) is 4.90 Å². The summed E-state index contributed by atoms with van der Waals surface area (Å²) in [6.45, 7) is 1.74. The lowest BCUT2D eigenvalue weighted by Crippen LogP contribution is -2.43. The molecule has 118 valence electrons. The van der Waals surface area contributed by atoms with E-state index in [-0.39, 0.29) is 18.2 Å². The van der Waals surface area contributed by atoms with Crippen LogP contribution in [0.1, 0.15) is 13.8 Å². The van der Waals surface area contributed by atoms with Crippen LogP contribution >= 0.6 is 11.6 Å². The lowest BCUT2D eigenvalue weighted by atomic mass is 10.2. The summed E-state index contributed by atoms with van der Waals surface area (Å²) in [4.78, 5) is 12.7. The van der Waals surface area contributed by atoms with Gasteiger partial charge < -0.3 is 9.64 Å². The van der Waals surface area contributed by atoms with Gasteiger partial charge in [0.15, 0.2) is 6.61 Å². The molecule has 1 amide bonds. The van der Waals surface area contributed by atoms with Crippen molar-refractivity contribution >= 4 is 17.5 Å². The lowest BCUT2D eigenvalue weighted by molar-refractivity contribution is -0.163. The number of carbonyl (C=O) groups is 1.